The number of thioether (sulfide) groups is 1. The van der Waals surface area contributed by atoms with Crippen LogP contribution in [0.15, 0.2) is 63.1 Å². The van der Waals surface area contributed by atoms with Crippen molar-refractivity contribution >= 4 is 38.8 Å². The van der Waals surface area contributed by atoms with Crippen LogP contribution in [0.4, 0.5) is 0 Å². The van der Waals surface area contributed by atoms with Gasteiger partial charge in [0.1, 0.15) is 10.8 Å². The van der Waals surface area contributed by atoms with E-state index in [4.69, 9.17) is 4.42 Å². The van der Waals surface area contributed by atoms with Gasteiger partial charge in [0.2, 0.25) is 15.9 Å². The first-order chi connectivity index (χ1) is 15.9. The van der Waals surface area contributed by atoms with Gasteiger partial charge in [-0.15, -0.1) is 0 Å². The summed E-state index contributed by atoms with van der Waals surface area (Å²) in [4.78, 5) is 19.8. The van der Waals surface area contributed by atoms with Crippen LogP contribution in [-0.4, -0.2) is 54.7 Å². The predicted molar refractivity (Wildman–Crippen MR) is 130 cm³/mol. The molecule has 1 fully saturated rings. The molecule has 176 valence electrons. The minimum Gasteiger partial charge on any atom is -0.431 e. The monoisotopic (exact) mass is 487 g/mol. The fraction of sp³-hybridized carbons (Fsp3) is 0.417. The molecule has 0 radical (unpaired) electrons. The minimum absolute atomic E-state index is 0.00757. The van der Waals surface area contributed by atoms with Crippen LogP contribution in [0.5, 0.6) is 0 Å². The van der Waals surface area contributed by atoms with Crippen LogP contribution in [0.2, 0.25) is 0 Å². The lowest BCUT2D eigenvalue weighted by molar-refractivity contribution is -0.130. The summed E-state index contributed by atoms with van der Waals surface area (Å²) in [7, 11) is -3.56. The van der Waals surface area contributed by atoms with Crippen molar-refractivity contribution in [3.8, 4) is 0 Å². The van der Waals surface area contributed by atoms with Crippen molar-refractivity contribution in [3.63, 3.8) is 0 Å². The van der Waals surface area contributed by atoms with E-state index in [2.05, 4.69) is 4.98 Å². The van der Waals surface area contributed by atoms with Crippen molar-refractivity contribution in [2.75, 3.05) is 26.2 Å². The molecule has 0 N–H and O–H groups in total. The Balaban J connectivity index is 1.64. The van der Waals surface area contributed by atoms with Crippen LogP contribution >= 0.6 is 11.8 Å². The zero-order valence-electron chi connectivity index (χ0n) is 18.9. The summed E-state index contributed by atoms with van der Waals surface area (Å²) in [5.41, 5.74) is 1.84. The topological polar surface area (TPSA) is 83.7 Å². The van der Waals surface area contributed by atoms with Crippen LogP contribution < -0.4 is 0 Å². The second-order valence-corrected chi connectivity index (χ2v) is 11.0. The predicted octanol–water partition coefficient (Wildman–Crippen LogP) is 4.70. The largest absolute Gasteiger partial charge is 0.431 e. The molecule has 0 saturated carbocycles. The molecule has 0 unspecified atom stereocenters. The number of carbonyl (C=O) groups excluding carboxylic acids is 1. The summed E-state index contributed by atoms with van der Waals surface area (Å²) in [6.45, 7) is 6.24. The fourth-order valence-corrected chi connectivity index (χ4v) is 6.61. The van der Waals surface area contributed by atoms with Gasteiger partial charge >= 0.3 is 0 Å². The second kappa shape index (κ2) is 10.3. The van der Waals surface area contributed by atoms with E-state index in [1.165, 1.54) is 11.8 Å². The van der Waals surface area contributed by atoms with E-state index in [1.807, 2.05) is 44.2 Å². The molecule has 1 amide bonds. The second-order valence-electron chi connectivity index (χ2n) is 7.99. The van der Waals surface area contributed by atoms with E-state index in [9.17, 15) is 13.2 Å². The maximum atomic E-state index is 13.2. The van der Waals surface area contributed by atoms with Gasteiger partial charge in [-0.3, -0.25) is 4.79 Å². The third kappa shape index (κ3) is 5.10. The average molecular weight is 488 g/mol. The first-order valence-electron chi connectivity index (χ1n) is 11.3. The van der Waals surface area contributed by atoms with Gasteiger partial charge in [0.25, 0.3) is 5.22 Å². The number of carbonyl (C=O) groups is 1. The van der Waals surface area contributed by atoms with Crippen LogP contribution in [-0.2, 0) is 14.8 Å². The van der Waals surface area contributed by atoms with Crippen molar-refractivity contribution in [1.29, 1.82) is 0 Å². The average Bonchev–Trinajstić information content (AvgIpc) is 3.26. The van der Waals surface area contributed by atoms with E-state index >= 15 is 0 Å². The molecule has 2 heterocycles. The number of hydrogen-bond acceptors (Lipinski definition) is 6. The van der Waals surface area contributed by atoms with Gasteiger partial charge in [-0.05, 0) is 62.2 Å². The lowest BCUT2D eigenvalue weighted by atomic mass is 10.1. The highest BCUT2D eigenvalue weighted by molar-refractivity contribution is 8.00. The lowest BCUT2D eigenvalue weighted by Gasteiger charge is -2.25. The summed E-state index contributed by atoms with van der Waals surface area (Å²) >= 11 is 1.25. The van der Waals surface area contributed by atoms with Crippen LogP contribution in [0.3, 0.4) is 0 Å². The molecular weight excluding hydrogens is 458 g/mol. The molecule has 3 aromatic rings. The van der Waals surface area contributed by atoms with Gasteiger partial charge in [0.15, 0.2) is 5.58 Å². The molecule has 0 spiro atoms. The number of benzene rings is 2. The number of hydrogen-bond donors (Lipinski definition) is 0. The molecular formula is C24H29N3O4S2. The molecule has 1 saturated heterocycles. The summed E-state index contributed by atoms with van der Waals surface area (Å²) in [5.74, 6) is -0.00757. The van der Waals surface area contributed by atoms with Crippen molar-refractivity contribution in [2.45, 2.75) is 48.5 Å². The standard InChI is InChI=1S/C24H29N3O4S2/c1-3-26(4-2)23(28)22(18-11-7-5-8-12-18)32-24-25-20-17-19(13-14-21(20)31-24)33(29,30)27-15-9-6-10-16-27/h5,7-8,11-14,17,22H,3-4,6,9-10,15-16H2,1-2H3/t22-/m1/s1. The molecule has 2 aromatic carbocycles. The number of sulfonamides is 1. The Morgan fingerprint density at radius 1 is 1.09 bits per heavy atom. The molecule has 1 aromatic heterocycles. The van der Waals surface area contributed by atoms with Gasteiger partial charge in [0.05, 0.1) is 4.90 Å². The number of nitrogens with zero attached hydrogens (tertiary/aromatic N) is 3. The SMILES string of the molecule is CCN(CC)C(=O)[C@H](Sc1nc2cc(S(=O)(=O)N3CCCCC3)ccc2o1)c1ccccc1. The molecule has 0 aliphatic carbocycles. The van der Waals surface area contributed by atoms with Crippen molar-refractivity contribution in [1.82, 2.24) is 14.2 Å². The summed E-state index contributed by atoms with van der Waals surface area (Å²) in [5, 5.41) is -0.164. The zero-order chi connectivity index (χ0) is 23.4. The molecule has 0 bridgehead atoms. The molecule has 1 aliphatic rings. The van der Waals surface area contributed by atoms with Gasteiger partial charge in [-0.2, -0.15) is 4.31 Å². The first kappa shape index (κ1) is 23.8. The molecule has 1 atom stereocenters. The maximum Gasteiger partial charge on any atom is 0.257 e. The molecule has 33 heavy (non-hydrogen) atoms. The Hall–Kier alpha value is -2.36. The summed E-state index contributed by atoms with van der Waals surface area (Å²) in [6.07, 6.45) is 2.82. The van der Waals surface area contributed by atoms with Crippen molar-refractivity contribution in [2.24, 2.45) is 0 Å². The number of piperidine rings is 1. The molecule has 9 heteroatoms. The van der Waals surface area contributed by atoms with E-state index in [-0.39, 0.29) is 10.8 Å². The normalized spacial score (nSPS) is 16.1. The molecule has 4 rings (SSSR count). The number of oxazole rings is 1. The number of rotatable bonds is 8. The highest BCUT2D eigenvalue weighted by atomic mass is 32.2. The lowest BCUT2D eigenvalue weighted by Crippen LogP contribution is -2.35. The zero-order valence-corrected chi connectivity index (χ0v) is 20.6. The van der Waals surface area contributed by atoms with Gasteiger partial charge in [-0.1, -0.05) is 36.8 Å². The third-order valence-electron chi connectivity index (χ3n) is 5.91. The maximum absolute atomic E-state index is 13.2. The highest BCUT2D eigenvalue weighted by Gasteiger charge is 2.29. The first-order valence-corrected chi connectivity index (χ1v) is 13.7. The Morgan fingerprint density at radius 3 is 2.45 bits per heavy atom. The smallest absolute Gasteiger partial charge is 0.257 e. The summed E-state index contributed by atoms with van der Waals surface area (Å²) in [6, 6.07) is 14.3. The number of likely N-dealkylation sites (N-methyl/N-ethyl adjacent to an activating group) is 1. The Morgan fingerprint density at radius 2 is 1.79 bits per heavy atom. The van der Waals surface area contributed by atoms with E-state index in [1.54, 1.807) is 27.4 Å². The minimum atomic E-state index is -3.56. The fourth-order valence-electron chi connectivity index (χ4n) is 4.04. The molecule has 7 nitrogen and oxygen atoms in total. The number of amides is 1. The third-order valence-corrected chi connectivity index (χ3v) is 8.89. The van der Waals surface area contributed by atoms with Crippen LogP contribution in [0.1, 0.15) is 43.9 Å². The highest BCUT2D eigenvalue weighted by Crippen LogP contribution is 2.38. The van der Waals surface area contributed by atoms with Crippen LogP contribution in [0.25, 0.3) is 11.1 Å². The van der Waals surface area contributed by atoms with E-state index < -0.39 is 15.3 Å². The number of aromatic nitrogens is 1. The quantitative estimate of drug-likeness (QED) is 0.428. The number of fused-ring (bicyclic) bond motifs is 1. The van der Waals surface area contributed by atoms with Crippen LogP contribution in [0, 0.1) is 0 Å². The van der Waals surface area contributed by atoms with Gasteiger partial charge < -0.3 is 9.32 Å². The Kier molecular flexibility index (Phi) is 7.41. The van der Waals surface area contributed by atoms with Gasteiger partial charge in [-0.25, -0.2) is 13.4 Å². The van der Waals surface area contributed by atoms with Crippen molar-refractivity contribution in [3.05, 3.63) is 54.1 Å². The molecule has 1 aliphatic heterocycles. The van der Waals surface area contributed by atoms with Crippen molar-refractivity contribution < 1.29 is 17.6 Å². The summed E-state index contributed by atoms with van der Waals surface area (Å²) < 4.78 is 33.5. The van der Waals surface area contributed by atoms with Gasteiger partial charge in [0, 0.05) is 26.2 Å². The Labute approximate surface area is 199 Å². The van der Waals surface area contributed by atoms with E-state index in [0.29, 0.717) is 42.5 Å². The van der Waals surface area contributed by atoms with E-state index in [0.717, 1.165) is 24.8 Å². The Bertz CT molecular complexity index is 1200.